The Hall–Kier alpha value is -3.20. The number of nitrogens with zero attached hydrogens (tertiary/aromatic N) is 5. The van der Waals surface area contributed by atoms with Crippen molar-refractivity contribution >= 4 is 35.3 Å². The second-order valence-corrected chi connectivity index (χ2v) is 9.98. The summed E-state index contributed by atoms with van der Waals surface area (Å²) < 4.78 is 0. The molecular formula is C25H32N8O. The smallest absolute Gasteiger partial charge is 0.246 e. The van der Waals surface area contributed by atoms with E-state index in [0.29, 0.717) is 24.4 Å². The van der Waals surface area contributed by atoms with Crippen molar-refractivity contribution in [2.45, 2.75) is 56.7 Å². The lowest BCUT2D eigenvalue weighted by Gasteiger charge is -2.54. The summed E-state index contributed by atoms with van der Waals surface area (Å²) in [6.45, 7) is 5.81. The summed E-state index contributed by atoms with van der Waals surface area (Å²) in [4.78, 5) is 31.4. The van der Waals surface area contributed by atoms with Gasteiger partial charge in [-0.3, -0.25) is 4.79 Å². The normalized spacial score (nSPS) is 25.5. The second kappa shape index (κ2) is 8.54. The molecule has 3 aliphatic heterocycles. The molecule has 2 saturated heterocycles. The highest BCUT2D eigenvalue weighted by Crippen LogP contribution is 2.42. The Labute approximate surface area is 200 Å². The molecule has 1 aliphatic carbocycles. The number of aromatic nitrogens is 3. The molecule has 9 nitrogen and oxygen atoms in total. The van der Waals surface area contributed by atoms with Crippen LogP contribution in [0.2, 0.25) is 0 Å². The highest BCUT2D eigenvalue weighted by atomic mass is 16.2. The van der Waals surface area contributed by atoms with Gasteiger partial charge in [0.15, 0.2) is 0 Å². The van der Waals surface area contributed by atoms with Gasteiger partial charge >= 0.3 is 0 Å². The molecule has 1 spiro atoms. The fraction of sp³-hybridized carbons (Fsp3) is 0.520. The number of carbonyl (C=O) groups is 1. The number of fused-ring (bicyclic) bond motifs is 4. The Morgan fingerprint density at radius 2 is 2.03 bits per heavy atom. The molecule has 0 radical (unpaired) electrons. The molecule has 2 unspecified atom stereocenters. The lowest BCUT2D eigenvalue weighted by Crippen LogP contribution is -2.69. The van der Waals surface area contributed by atoms with Crippen LogP contribution in [0.25, 0.3) is 6.08 Å². The number of carbonyl (C=O) groups excluding carboxylic acids is 1. The Morgan fingerprint density at radius 1 is 1.15 bits per heavy atom. The number of amides is 1. The zero-order chi connectivity index (χ0) is 23.1. The quantitative estimate of drug-likeness (QED) is 0.643. The largest absolute Gasteiger partial charge is 0.367 e. The average molecular weight is 461 g/mol. The second-order valence-electron chi connectivity index (χ2n) is 9.98. The van der Waals surface area contributed by atoms with Crippen LogP contribution in [0.1, 0.15) is 44.6 Å². The highest BCUT2D eigenvalue weighted by molar-refractivity contribution is 5.93. The van der Waals surface area contributed by atoms with E-state index in [1.807, 2.05) is 30.6 Å². The number of hydrogen-bond acceptors (Lipinski definition) is 8. The van der Waals surface area contributed by atoms with Gasteiger partial charge in [0.1, 0.15) is 17.7 Å². The van der Waals surface area contributed by atoms with E-state index in [1.165, 1.54) is 19.3 Å². The summed E-state index contributed by atoms with van der Waals surface area (Å²) >= 11 is 0. The number of anilines is 4. The number of rotatable bonds is 3. The molecule has 2 atom stereocenters. The molecule has 3 N–H and O–H groups in total. The molecule has 2 aromatic heterocycles. The van der Waals surface area contributed by atoms with Crippen molar-refractivity contribution < 1.29 is 4.79 Å². The Kier molecular flexibility index (Phi) is 5.36. The maximum Gasteiger partial charge on any atom is 0.246 e. The van der Waals surface area contributed by atoms with Crippen LogP contribution in [-0.4, -0.2) is 64.7 Å². The summed E-state index contributed by atoms with van der Waals surface area (Å²) in [5.41, 5.74) is 2.00. The van der Waals surface area contributed by atoms with Crippen molar-refractivity contribution in [1.29, 1.82) is 0 Å². The van der Waals surface area contributed by atoms with Crippen molar-refractivity contribution in [2.75, 3.05) is 41.3 Å². The van der Waals surface area contributed by atoms with E-state index in [2.05, 4.69) is 48.7 Å². The van der Waals surface area contributed by atoms with Gasteiger partial charge in [-0.05, 0) is 31.9 Å². The van der Waals surface area contributed by atoms with Crippen molar-refractivity contribution in [3.8, 4) is 0 Å². The molecule has 34 heavy (non-hydrogen) atoms. The Balaban J connectivity index is 1.26. The molecular weight excluding hydrogens is 428 g/mol. The van der Waals surface area contributed by atoms with Crippen molar-refractivity contribution in [1.82, 2.24) is 25.6 Å². The summed E-state index contributed by atoms with van der Waals surface area (Å²) in [5, 5.41) is 9.90. The van der Waals surface area contributed by atoms with E-state index in [4.69, 9.17) is 4.98 Å². The zero-order valence-corrected chi connectivity index (χ0v) is 19.6. The van der Waals surface area contributed by atoms with Crippen LogP contribution >= 0.6 is 0 Å². The fourth-order valence-corrected chi connectivity index (χ4v) is 5.89. The molecule has 9 heteroatoms. The Morgan fingerprint density at radius 3 is 2.82 bits per heavy atom. The van der Waals surface area contributed by atoms with Gasteiger partial charge in [-0.1, -0.05) is 31.4 Å². The zero-order valence-electron chi connectivity index (χ0n) is 19.6. The predicted octanol–water partition coefficient (Wildman–Crippen LogP) is 2.45. The number of piperazine rings is 2. The van der Waals surface area contributed by atoms with E-state index < -0.39 is 0 Å². The highest BCUT2D eigenvalue weighted by Gasteiger charge is 2.49. The minimum absolute atomic E-state index is 0.0470. The summed E-state index contributed by atoms with van der Waals surface area (Å²) in [7, 11) is 0. The van der Waals surface area contributed by atoms with Gasteiger partial charge in [-0.2, -0.15) is 4.98 Å². The first-order valence-electron chi connectivity index (χ1n) is 12.5. The third-order valence-corrected chi connectivity index (χ3v) is 7.64. The number of pyridine rings is 1. The SMILES string of the molecule is CC1CN(c2ccc(Nc3ncc4c(n3)N3C(C=C4)C(=O)NCC34CCCCC4)nc2)CCN1. The van der Waals surface area contributed by atoms with Crippen molar-refractivity contribution in [3.05, 3.63) is 36.2 Å². The third kappa shape index (κ3) is 3.77. The van der Waals surface area contributed by atoms with Crippen molar-refractivity contribution in [3.63, 3.8) is 0 Å². The molecule has 6 rings (SSSR count). The maximum absolute atomic E-state index is 12.7. The molecule has 3 fully saturated rings. The van der Waals surface area contributed by atoms with E-state index >= 15 is 0 Å². The number of nitrogens with one attached hydrogen (secondary N) is 3. The van der Waals surface area contributed by atoms with E-state index in [0.717, 1.165) is 49.5 Å². The van der Waals surface area contributed by atoms with Gasteiger partial charge in [-0.15, -0.1) is 0 Å². The minimum atomic E-state index is -0.319. The van der Waals surface area contributed by atoms with Crippen LogP contribution in [0.3, 0.4) is 0 Å². The summed E-state index contributed by atoms with van der Waals surface area (Å²) in [6.07, 6.45) is 13.5. The van der Waals surface area contributed by atoms with Gasteiger partial charge in [-0.25, -0.2) is 9.97 Å². The summed E-state index contributed by atoms with van der Waals surface area (Å²) in [5.74, 6) is 2.10. The van der Waals surface area contributed by atoms with Gasteiger partial charge in [0.2, 0.25) is 11.9 Å². The van der Waals surface area contributed by atoms with E-state index in [9.17, 15) is 4.79 Å². The van der Waals surface area contributed by atoms with Crippen LogP contribution in [0.5, 0.6) is 0 Å². The molecule has 4 aliphatic rings. The van der Waals surface area contributed by atoms with Crippen LogP contribution in [-0.2, 0) is 4.79 Å². The minimum Gasteiger partial charge on any atom is -0.367 e. The van der Waals surface area contributed by atoms with Crippen LogP contribution in [0.4, 0.5) is 23.3 Å². The lowest BCUT2D eigenvalue weighted by molar-refractivity contribution is -0.123. The lowest BCUT2D eigenvalue weighted by atomic mass is 9.77. The predicted molar refractivity (Wildman–Crippen MR) is 133 cm³/mol. The molecule has 2 aromatic rings. The van der Waals surface area contributed by atoms with Gasteiger partial charge in [0, 0.05) is 44.0 Å². The van der Waals surface area contributed by atoms with E-state index in [-0.39, 0.29) is 17.5 Å². The molecule has 1 amide bonds. The molecule has 178 valence electrons. The molecule has 0 aromatic carbocycles. The molecule has 5 heterocycles. The van der Waals surface area contributed by atoms with Crippen molar-refractivity contribution in [2.24, 2.45) is 0 Å². The molecule has 1 saturated carbocycles. The first kappa shape index (κ1) is 21.3. The first-order chi connectivity index (χ1) is 16.6. The topological polar surface area (TPSA) is 98.3 Å². The van der Waals surface area contributed by atoms with Crippen LogP contribution < -0.4 is 25.8 Å². The van der Waals surface area contributed by atoms with Gasteiger partial charge in [0.25, 0.3) is 0 Å². The summed E-state index contributed by atoms with van der Waals surface area (Å²) in [6, 6.07) is 4.22. The standard InChI is InChI=1S/C25H32N8O/c1-17-15-32(12-11-26-17)19-6-8-21(27-14-19)30-24-28-13-18-5-7-20-23(34)29-16-25(9-3-2-4-10-25)33(20)22(18)31-24/h5-8,13-14,17,20,26H,2-4,9-12,15-16H2,1H3,(H,29,34)(H,27,28,30,31). The van der Waals surface area contributed by atoms with Gasteiger partial charge < -0.3 is 25.8 Å². The Bertz CT molecular complexity index is 1090. The third-order valence-electron chi connectivity index (χ3n) is 7.64. The molecule has 0 bridgehead atoms. The van der Waals surface area contributed by atoms with E-state index in [1.54, 1.807) is 0 Å². The van der Waals surface area contributed by atoms with Crippen LogP contribution in [0.15, 0.2) is 30.6 Å². The monoisotopic (exact) mass is 460 g/mol. The van der Waals surface area contributed by atoms with Crippen LogP contribution in [0, 0.1) is 0 Å². The number of hydrogen-bond donors (Lipinski definition) is 3. The maximum atomic E-state index is 12.7. The fourth-order valence-electron chi connectivity index (χ4n) is 5.89. The average Bonchev–Trinajstić information content (AvgIpc) is 2.87. The van der Waals surface area contributed by atoms with Gasteiger partial charge in [0.05, 0.1) is 17.4 Å². The first-order valence-corrected chi connectivity index (χ1v) is 12.5.